The third-order valence-corrected chi connectivity index (χ3v) is 6.53. The average Bonchev–Trinajstić information content (AvgIpc) is 2.88. The Morgan fingerprint density at radius 1 is 1.29 bits per heavy atom. The summed E-state index contributed by atoms with van der Waals surface area (Å²) in [5.74, 6) is 1.47. The molecule has 0 amide bonds. The lowest BCUT2D eigenvalue weighted by Crippen LogP contribution is -2.54. The van der Waals surface area contributed by atoms with Crippen LogP contribution in [0.1, 0.15) is 63.6 Å². The number of nitrogens with one attached hydrogen (secondary N) is 2. The predicted octanol–water partition coefficient (Wildman–Crippen LogP) is 1.90. The van der Waals surface area contributed by atoms with Crippen molar-refractivity contribution in [2.75, 3.05) is 6.61 Å². The molecule has 2 aliphatic carbocycles. The molecule has 1 aliphatic heterocycles. The molecule has 0 aromatic carbocycles. The van der Waals surface area contributed by atoms with Gasteiger partial charge in [-0.3, -0.25) is 4.57 Å². The van der Waals surface area contributed by atoms with Crippen LogP contribution in [0.15, 0.2) is 4.79 Å². The largest absolute Gasteiger partial charge is 0.375 e. The molecule has 3 atom stereocenters. The first-order valence-corrected chi connectivity index (χ1v) is 9.65. The Hall–Kier alpha value is -1.14. The van der Waals surface area contributed by atoms with Crippen molar-refractivity contribution in [2.24, 2.45) is 13.0 Å². The molecule has 1 spiro atoms. The summed E-state index contributed by atoms with van der Waals surface area (Å²) in [6.45, 7) is 0.906. The number of H-pyrrole nitrogens is 1. The molecule has 1 saturated heterocycles. The molecule has 24 heavy (non-hydrogen) atoms. The Morgan fingerprint density at radius 3 is 2.83 bits per heavy atom. The van der Waals surface area contributed by atoms with E-state index in [9.17, 15) is 4.79 Å². The number of hydrogen-bond acceptors (Lipinski definition) is 4. The maximum atomic E-state index is 11.6. The standard InChI is InChI=1S/C18H30N4O2/c1-22-16(20-21-17(22)23)11-13-5-2-3-6-15(13)19-14-7-10-24-18(12-14)8-4-9-18/h13-15,19H,2-12H2,1H3,(H,21,23)/t13-,14?,15-/m1/s1. The Balaban J connectivity index is 1.40. The molecule has 1 aromatic heterocycles. The van der Waals surface area contributed by atoms with Crippen LogP contribution in [0.2, 0.25) is 0 Å². The fourth-order valence-corrected chi connectivity index (χ4v) is 4.86. The molecule has 3 aliphatic rings. The second-order valence-corrected chi connectivity index (χ2v) is 8.10. The summed E-state index contributed by atoms with van der Waals surface area (Å²) in [6, 6.07) is 1.14. The number of rotatable bonds is 4. The highest BCUT2D eigenvalue weighted by atomic mass is 16.5. The van der Waals surface area contributed by atoms with Crippen molar-refractivity contribution >= 4 is 0 Å². The van der Waals surface area contributed by atoms with E-state index in [4.69, 9.17) is 4.74 Å². The molecule has 6 heteroatoms. The van der Waals surface area contributed by atoms with Crippen LogP contribution in [0.4, 0.5) is 0 Å². The zero-order valence-electron chi connectivity index (χ0n) is 14.7. The van der Waals surface area contributed by atoms with Crippen molar-refractivity contribution in [3.8, 4) is 0 Å². The van der Waals surface area contributed by atoms with E-state index in [0.717, 1.165) is 25.3 Å². The van der Waals surface area contributed by atoms with Crippen LogP contribution in [0.5, 0.6) is 0 Å². The first kappa shape index (κ1) is 16.3. The van der Waals surface area contributed by atoms with Crippen molar-refractivity contribution in [2.45, 2.75) is 81.9 Å². The first-order valence-electron chi connectivity index (χ1n) is 9.65. The maximum absolute atomic E-state index is 11.6. The van der Waals surface area contributed by atoms with Crippen molar-refractivity contribution in [1.82, 2.24) is 20.1 Å². The summed E-state index contributed by atoms with van der Waals surface area (Å²) in [5.41, 5.74) is 0.0910. The number of hydrogen-bond donors (Lipinski definition) is 2. The molecule has 0 bridgehead atoms. The van der Waals surface area contributed by atoms with Gasteiger partial charge in [0, 0.05) is 32.2 Å². The van der Waals surface area contributed by atoms with Crippen molar-refractivity contribution in [3.05, 3.63) is 16.3 Å². The Morgan fingerprint density at radius 2 is 2.12 bits per heavy atom. The Labute approximate surface area is 143 Å². The summed E-state index contributed by atoms with van der Waals surface area (Å²) < 4.78 is 7.73. The lowest BCUT2D eigenvalue weighted by atomic mass is 9.73. The molecule has 6 nitrogen and oxygen atoms in total. The third-order valence-electron chi connectivity index (χ3n) is 6.53. The fraction of sp³-hybridized carbons (Fsp3) is 0.889. The van der Waals surface area contributed by atoms with Crippen LogP contribution in [0, 0.1) is 5.92 Å². The van der Waals surface area contributed by atoms with Gasteiger partial charge in [-0.2, -0.15) is 5.10 Å². The quantitative estimate of drug-likeness (QED) is 0.882. The minimum Gasteiger partial charge on any atom is -0.375 e. The van der Waals surface area contributed by atoms with Crippen molar-refractivity contribution < 1.29 is 4.74 Å². The lowest BCUT2D eigenvalue weighted by molar-refractivity contribution is -0.137. The van der Waals surface area contributed by atoms with E-state index < -0.39 is 0 Å². The minimum atomic E-state index is -0.110. The number of nitrogens with zero attached hydrogens (tertiary/aromatic N) is 2. The summed E-state index contributed by atoms with van der Waals surface area (Å²) in [6.07, 6.45) is 12.1. The molecule has 1 aromatic rings. The second-order valence-electron chi connectivity index (χ2n) is 8.10. The molecule has 2 N–H and O–H groups in total. The van der Waals surface area contributed by atoms with Crippen LogP contribution in [-0.4, -0.2) is 39.1 Å². The minimum absolute atomic E-state index is 0.110. The highest BCUT2D eigenvalue weighted by Gasteiger charge is 2.43. The lowest BCUT2D eigenvalue weighted by Gasteiger charge is -2.48. The molecule has 0 radical (unpaired) electrons. The topological polar surface area (TPSA) is 71.9 Å². The predicted molar refractivity (Wildman–Crippen MR) is 92.0 cm³/mol. The van der Waals surface area contributed by atoms with Crippen LogP contribution in [0.25, 0.3) is 0 Å². The summed E-state index contributed by atoms with van der Waals surface area (Å²) >= 11 is 0. The van der Waals surface area contributed by atoms with Gasteiger partial charge in [0.15, 0.2) is 0 Å². The van der Waals surface area contributed by atoms with E-state index >= 15 is 0 Å². The smallest absolute Gasteiger partial charge is 0.343 e. The highest BCUT2D eigenvalue weighted by Crippen LogP contribution is 2.42. The molecule has 3 fully saturated rings. The Kier molecular flexibility index (Phi) is 4.52. The van der Waals surface area contributed by atoms with Gasteiger partial charge in [0.05, 0.1) is 5.60 Å². The summed E-state index contributed by atoms with van der Waals surface area (Å²) in [7, 11) is 1.81. The third kappa shape index (κ3) is 3.18. The fourth-order valence-electron chi connectivity index (χ4n) is 4.86. The number of ether oxygens (including phenoxy) is 1. The van der Waals surface area contributed by atoms with E-state index in [-0.39, 0.29) is 11.3 Å². The van der Waals surface area contributed by atoms with Gasteiger partial charge in [0.1, 0.15) is 5.82 Å². The van der Waals surface area contributed by atoms with Gasteiger partial charge in [-0.05, 0) is 50.9 Å². The molecular weight excluding hydrogens is 304 g/mol. The van der Waals surface area contributed by atoms with Gasteiger partial charge < -0.3 is 10.1 Å². The van der Waals surface area contributed by atoms with Crippen LogP contribution < -0.4 is 11.0 Å². The normalized spacial score (nSPS) is 32.6. The van der Waals surface area contributed by atoms with Gasteiger partial charge in [-0.1, -0.05) is 12.8 Å². The van der Waals surface area contributed by atoms with Gasteiger partial charge in [0.2, 0.25) is 0 Å². The molecule has 2 heterocycles. The SMILES string of the molecule is Cn1c(C[C@H]2CCCC[C@H]2NC2CCOC3(CCC3)C2)n[nH]c1=O. The van der Waals surface area contributed by atoms with Gasteiger partial charge >= 0.3 is 5.69 Å². The maximum Gasteiger partial charge on any atom is 0.343 e. The molecule has 2 saturated carbocycles. The molecule has 4 rings (SSSR count). The van der Waals surface area contributed by atoms with E-state index in [1.54, 1.807) is 4.57 Å². The first-order chi connectivity index (χ1) is 11.7. The van der Waals surface area contributed by atoms with Crippen molar-refractivity contribution in [1.29, 1.82) is 0 Å². The van der Waals surface area contributed by atoms with Gasteiger partial charge in [0.25, 0.3) is 0 Å². The Bertz CT molecular complexity index is 619. The second kappa shape index (κ2) is 6.64. The van der Waals surface area contributed by atoms with Crippen molar-refractivity contribution in [3.63, 3.8) is 0 Å². The molecular formula is C18H30N4O2. The van der Waals surface area contributed by atoms with Gasteiger partial charge in [-0.15, -0.1) is 0 Å². The van der Waals surface area contributed by atoms with Crippen LogP contribution >= 0.6 is 0 Å². The molecule has 1 unspecified atom stereocenters. The number of aromatic nitrogens is 3. The van der Waals surface area contributed by atoms with E-state index in [0.29, 0.717) is 18.0 Å². The summed E-state index contributed by atoms with van der Waals surface area (Å²) in [5, 5.41) is 10.8. The zero-order valence-corrected chi connectivity index (χ0v) is 14.7. The zero-order chi connectivity index (χ0) is 16.6. The van der Waals surface area contributed by atoms with E-state index in [1.165, 1.54) is 51.4 Å². The monoisotopic (exact) mass is 334 g/mol. The van der Waals surface area contributed by atoms with Gasteiger partial charge in [-0.25, -0.2) is 9.89 Å². The highest BCUT2D eigenvalue weighted by molar-refractivity contribution is 4.98. The van der Waals surface area contributed by atoms with Crippen LogP contribution in [0.3, 0.4) is 0 Å². The molecule has 134 valence electrons. The summed E-state index contributed by atoms with van der Waals surface area (Å²) in [4.78, 5) is 11.6. The van der Waals surface area contributed by atoms with E-state index in [2.05, 4.69) is 15.5 Å². The van der Waals surface area contributed by atoms with Crippen LogP contribution in [-0.2, 0) is 18.2 Å². The number of aromatic amines is 1. The van der Waals surface area contributed by atoms with E-state index in [1.807, 2.05) is 7.05 Å². The average molecular weight is 334 g/mol.